The van der Waals surface area contributed by atoms with Crippen LogP contribution in [-0.4, -0.2) is 5.78 Å². The largest absolute Gasteiger partial charge is 0.288 e. The zero-order valence-corrected chi connectivity index (χ0v) is 28.1. The summed E-state index contributed by atoms with van der Waals surface area (Å²) in [6.07, 6.45) is 0.928. The average molecular weight is 737 g/mol. The topological polar surface area (TPSA) is 17.1 Å². The molecule has 4 aromatic carbocycles. The molecule has 6 aromatic rings. The Balaban J connectivity index is 0.000000171. The number of hydrogen-bond donors (Lipinski definition) is 0. The van der Waals surface area contributed by atoms with Crippen molar-refractivity contribution in [3.8, 4) is 20.9 Å². The van der Waals surface area contributed by atoms with Crippen molar-refractivity contribution in [1.29, 1.82) is 0 Å². The summed E-state index contributed by atoms with van der Waals surface area (Å²) in [4.78, 5) is 16.8. The Bertz CT molecular complexity index is 1870. The molecule has 2 heterocycles. The van der Waals surface area contributed by atoms with Crippen LogP contribution in [-0.2, 0) is 6.42 Å². The number of hydrogen-bond acceptors (Lipinski definition) is 3. The molecule has 1 nitrogen and oxygen atoms in total. The lowest BCUT2D eigenvalue weighted by atomic mass is 10.0. The molecule has 0 saturated heterocycles. The van der Waals surface area contributed by atoms with Crippen LogP contribution in [0.3, 0.4) is 0 Å². The minimum atomic E-state index is -0.263. The summed E-state index contributed by atoms with van der Waals surface area (Å²) in [6.45, 7) is 4.06. The summed E-state index contributed by atoms with van der Waals surface area (Å²) in [5, 5.41) is 0. The number of thiophene rings is 2. The number of carbonyl (C=O) groups is 1. The normalized spacial score (nSPS) is 10.7. The molecule has 7 heteroatoms. The van der Waals surface area contributed by atoms with Gasteiger partial charge in [0, 0.05) is 35.6 Å². The van der Waals surface area contributed by atoms with E-state index in [-0.39, 0.29) is 17.4 Å². The fraction of sp³-hybridized carbons (Fsp3) is 0.0833. The Morgan fingerprint density at radius 2 is 1.16 bits per heavy atom. The fourth-order valence-corrected chi connectivity index (χ4v) is 7.23. The predicted octanol–water partition coefficient (Wildman–Crippen LogP) is 12.1. The molecule has 0 spiro atoms. The van der Waals surface area contributed by atoms with E-state index in [0.29, 0.717) is 10.4 Å². The Hall–Kier alpha value is -3.23. The summed E-state index contributed by atoms with van der Waals surface area (Å²) in [5.74, 6) is -0.446. The maximum Gasteiger partial charge on any atom is 0.203 e. The molecule has 6 rings (SSSR count). The van der Waals surface area contributed by atoms with Crippen molar-refractivity contribution >= 4 is 60.3 Å². The van der Waals surface area contributed by atoms with Crippen molar-refractivity contribution in [3.05, 3.63) is 162 Å². The third kappa shape index (κ3) is 8.03. The van der Waals surface area contributed by atoms with E-state index >= 15 is 0 Å². The summed E-state index contributed by atoms with van der Waals surface area (Å²) in [7, 11) is 0. The third-order valence-corrected chi connectivity index (χ3v) is 10.1. The number of rotatable bonds is 6. The van der Waals surface area contributed by atoms with Crippen LogP contribution in [0.2, 0.25) is 0 Å². The van der Waals surface area contributed by atoms with E-state index in [1.807, 2.05) is 49.4 Å². The molecule has 0 fully saturated rings. The Morgan fingerprint density at radius 3 is 1.79 bits per heavy atom. The van der Waals surface area contributed by atoms with E-state index in [2.05, 4.69) is 69.1 Å². The first kappa shape index (κ1) is 31.2. The van der Waals surface area contributed by atoms with Gasteiger partial charge in [-0.15, -0.1) is 22.7 Å². The second-order valence-corrected chi connectivity index (χ2v) is 14.1. The molecule has 2 aromatic heterocycles. The van der Waals surface area contributed by atoms with Gasteiger partial charge in [0.05, 0.1) is 4.88 Å². The molecule has 216 valence electrons. The number of benzene rings is 4. The molecule has 0 amide bonds. The molecule has 0 bridgehead atoms. The van der Waals surface area contributed by atoms with Gasteiger partial charge in [-0.05, 0) is 114 Å². The van der Waals surface area contributed by atoms with Gasteiger partial charge in [-0.25, -0.2) is 8.78 Å². The van der Waals surface area contributed by atoms with Gasteiger partial charge in [0.1, 0.15) is 11.6 Å². The van der Waals surface area contributed by atoms with Crippen molar-refractivity contribution < 1.29 is 13.6 Å². The minimum absolute atomic E-state index is 0.0113. The molecule has 0 saturated carbocycles. The summed E-state index contributed by atoms with van der Waals surface area (Å²) in [6, 6.07) is 33.0. The third-order valence-electron chi connectivity index (χ3n) is 6.87. The maximum atomic E-state index is 13.0. The lowest BCUT2D eigenvalue weighted by Gasteiger charge is -2.04. The molecule has 0 aliphatic rings. The first-order valence-electron chi connectivity index (χ1n) is 13.4. The molecule has 0 aliphatic carbocycles. The average Bonchev–Trinajstić information content (AvgIpc) is 3.68. The lowest BCUT2D eigenvalue weighted by Crippen LogP contribution is -2.01. The zero-order chi connectivity index (χ0) is 30.5. The van der Waals surface area contributed by atoms with Crippen LogP contribution >= 0.6 is 54.5 Å². The van der Waals surface area contributed by atoms with Crippen LogP contribution in [0.4, 0.5) is 8.78 Å². The van der Waals surface area contributed by atoms with Crippen LogP contribution in [0.5, 0.6) is 0 Å². The number of ketones is 1. The first-order chi connectivity index (χ1) is 20.7. The molecule has 0 radical (unpaired) electrons. The summed E-state index contributed by atoms with van der Waals surface area (Å²) in [5.41, 5.74) is 6.26. The van der Waals surface area contributed by atoms with E-state index < -0.39 is 0 Å². The molecule has 0 N–H and O–H groups in total. The zero-order valence-electron chi connectivity index (χ0n) is 23.3. The van der Waals surface area contributed by atoms with Crippen molar-refractivity contribution in [1.82, 2.24) is 0 Å². The lowest BCUT2D eigenvalue weighted by molar-refractivity contribution is 0.104. The van der Waals surface area contributed by atoms with E-state index in [0.717, 1.165) is 36.9 Å². The van der Waals surface area contributed by atoms with Crippen molar-refractivity contribution in [2.75, 3.05) is 0 Å². The molecule has 0 aliphatic heterocycles. The van der Waals surface area contributed by atoms with Crippen LogP contribution in [0, 0.1) is 25.5 Å². The number of aryl methyl sites for hydroxylation is 2. The quantitative estimate of drug-likeness (QED) is 0.156. The maximum absolute atomic E-state index is 13.0. The van der Waals surface area contributed by atoms with E-state index in [4.69, 9.17) is 0 Å². The first-order valence-corrected chi connectivity index (χ1v) is 16.6. The highest BCUT2D eigenvalue weighted by Gasteiger charge is 2.15. The van der Waals surface area contributed by atoms with E-state index in [1.54, 1.807) is 23.5 Å². The van der Waals surface area contributed by atoms with Gasteiger partial charge in [0.25, 0.3) is 0 Å². The fourth-order valence-electron chi connectivity index (χ4n) is 4.46. The second kappa shape index (κ2) is 14.0. The summed E-state index contributed by atoms with van der Waals surface area (Å²) >= 11 is 10.1. The van der Waals surface area contributed by atoms with Gasteiger partial charge < -0.3 is 0 Å². The highest BCUT2D eigenvalue weighted by Crippen LogP contribution is 2.32. The van der Waals surface area contributed by atoms with Gasteiger partial charge >= 0.3 is 0 Å². The summed E-state index contributed by atoms with van der Waals surface area (Å²) < 4.78 is 28.0. The van der Waals surface area contributed by atoms with Gasteiger partial charge in [-0.3, -0.25) is 4.79 Å². The van der Waals surface area contributed by atoms with Crippen LogP contribution in [0.15, 0.2) is 118 Å². The van der Waals surface area contributed by atoms with Crippen molar-refractivity contribution in [2.24, 2.45) is 0 Å². The van der Waals surface area contributed by atoms with Crippen LogP contribution in [0.1, 0.15) is 36.8 Å². The van der Waals surface area contributed by atoms with Crippen molar-refractivity contribution in [3.63, 3.8) is 0 Å². The van der Waals surface area contributed by atoms with E-state index in [1.165, 1.54) is 56.5 Å². The molecule has 0 unspecified atom stereocenters. The van der Waals surface area contributed by atoms with Crippen LogP contribution < -0.4 is 0 Å². The van der Waals surface area contributed by atoms with Gasteiger partial charge in [-0.1, -0.05) is 68.3 Å². The minimum Gasteiger partial charge on any atom is -0.288 e. The molecule has 43 heavy (non-hydrogen) atoms. The predicted molar refractivity (Wildman–Crippen MR) is 183 cm³/mol. The van der Waals surface area contributed by atoms with Gasteiger partial charge in [0.2, 0.25) is 5.78 Å². The van der Waals surface area contributed by atoms with E-state index in [9.17, 15) is 13.6 Å². The smallest absolute Gasteiger partial charge is 0.203 e. The van der Waals surface area contributed by atoms with Gasteiger partial charge in [-0.2, -0.15) is 0 Å². The van der Waals surface area contributed by atoms with Crippen molar-refractivity contribution in [2.45, 2.75) is 20.3 Å². The SMILES string of the molecule is Cc1ccc(Br)cc1C(=O)c1ccc(-c2ccc(F)cc2)s1.Cc1ccc(Br)cc1Cc1ccc(-c2ccc(F)cc2)s1. The Labute approximate surface area is 275 Å². The monoisotopic (exact) mass is 734 g/mol. The highest BCUT2D eigenvalue weighted by molar-refractivity contribution is 9.10. The number of carbonyl (C=O) groups excluding carboxylic acids is 1. The van der Waals surface area contributed by atoms with Crippen LogP contribution in [0.25, 0.3) is 20.9 Å². The standard InChI is InChI=1S/C18H12BrFOS.C18H14BrFS/c1-11-2-5-13(19)10-15(11)18(21)17-9-8-16(22-17)12-3-6-14(20)7-4-12;1-12-2-5-15(19)10-14(12)11-17-8-9-18(21-17)13-3-6-16(20)7-4-13/h2-10H,1H3;2-10H,11H2,1H3. The Morgan fingerprint density at radius 1 is 0.628 bits per heavy atom. The highest BCUT2D eigenvalue weighted by atomic mass is 79.9. The molecular weight excluding hydrogens is 710 g/mol. The second-order valence-electron chi connectivity index (χ2n) is 9.98. The number of halogens is 4. The van der Waals surface area contributed by atoms with Gasteiger partial charge in [0.15, 0.2) is 0 Å². The Kier molecular flexibility index (Phi) is 10.2. The molecular formula is C36H26Br2F2OS2. The molecule has 0 atom stereocenters.